The number of fused-ring (bicyclic) bond motifs is 1. The van der Waals surface area contributed by atoms with Crippen LogP contribution in [0.15, 0.2) is 12.1 Å². The van der Waals surface area contributed by atoms with Crippen molar-refractivity contribution in [2.75, 3.05) is 45.2 Å². The molecule has 2 heterocycles. The van der Waals surface area contributed by atoms with Crippen molar-refractivity contribution in [3.05, 3.63) is 37.9 Å². The zero-order valence-electron chi connectivity index (χ0n) is 13.9. The van der Waals surface area contributed by atoms with Crippen molar-refractivity contribution in [1.29, 1.82) is 0 Å². The zero-order valence-corrected chi connectivity index (χ0v) is 13.9. The third kappa shape index (κ3) is 3.00. The summed E-state index contributed by atoms with van der Waals surface area (Å²) in [5.74, 6) is -0.202. The summed E-state index contributed by atoms with van der Waals surface area (Å²) in [6.07, 6.45) is 0. The van der Waals surface area contributed by atoms with Gasteiger partial charge in [0.2, 0.25) is 0 Å². The fraction of sp³-hybridized carbons (Fsp3) is 0.533. The number of nitro benzene ring substituents is 2. The highest BCUT2D eigenvalue weighted by Crippen LogP contribution is 2.43. The third-order valence-electron chi connectivity index (χ3n) is 4.87. The smallest absolute Gasteiger partial charge is 0.338 e. The Morgan fingerprint density at radius 1 is 1.08 bits per heavy atom. The Morgan fingerprint density at radius 3 is 1.96 bits per heavy atom. The van der Waals surface area contributed by atoms with E-state index in [0.29, 0.717) is 24.9 Å². The first-order valence-electron chi connectivity index (χ1n) is 7.80. The number of benzene rings is 1. The highest BCUT2D eigenvalue weighted by atomic mass is 16.6. The van der Waals surface area contributed by atoms with Crippen LogP contribution in [0.4, 0.5) is 17.1 Å². The van der Waals surface area contributed by atoms with E-state index in [-0.39, 0.29) is 11.3 Å². The predicted molar refractivity (Wildman–Crippen MR) is 87.8 cm³/mol. The van der Waals surface area contributed by atoms with Crippen LogP contribution in [0.5, 0.6) is 0 Å². The fourth-order valence-electron chi connectivity index (χ4n) is 3.85. The van der Waals surface area contributed by atoms with E-state index >= 15 is 0 Å². The van der Waals surface area contributed by atoms with E-state index in [1.807, 2.05) is 7.05 Å². The average molecular weight is 350 g/mol. The maximum atomic E-state index is 11.7. The van der Waals surface area contributed by atoms with Crippen molar-refractivity contribution in [2.24, 2.45) is 11.8 Å². The van der Waals surface area contributed by atoms with Crippen molar-refractivity contribution in [1.82, 2.24) is 4.90 Å². The molecule has 1 aromatic carbocycles. The van der Waals surface area contributed by atoms with Gasteiger partial charge in [0.1, 0.15) is 0 Å². The zero-order chi connectivity index (χ0) is 18.3. The number of nitrogens with zero attached hydrogens (tertiary/aromatic N) is 4. The molecule has 0 bridgehead atoms. The van der Waals surface area contributed by atoms with Gasteiger partial charge in [0.05, 0.1) is 22.5 Å². The molecule has 1 aromatic rings. The Hall–Kier alpha value is -2.75. The number of ether oxygens (including phenoxy) is 1. The molecule has 2 aliphatic rings. The SMILES string of the molecule is COC(=O)c1cc([N+](=O)[O-])c(N2C[C@H]3CN(C)C[C@H]3C2)c([N+](=O)[O-])c1. The lowest BCUT2D eigenvalue weighted by Crippen LogP contribution is -2.28. The molecular weight excluding hydrogens is 332 g/mol. The minimum absolute atomic E-state index is 0.0280. The summed E-state index contributed by atoms with van der Waals surface area (Å²) < 4.78 is 4.54. The van der Waals surface area contributed by atoms with Gasteiger partial charge in [-0.2, -0.15) is 0 Å². The number of carbonyl (C=O) groups excluding carboxylic acids is 1. The summed E-state index contributed by atoms with van der Waals surface area (Å²) >= 11 is 0. The van der Waals surface area contributed by atoms with Crippen LogP contribution >= 0.6 is 0 Å². The van der Waals surface area contributed by atoms with Gasteiger partial charge in [-0.3, -0.25) is 20.2 Å². The normalized spacial score (nSPS) is 22.7. The number of hydrogen-bond acceptors (Lipinski definition) is 8. The monoisotopic (exact) mass is 350 g/mol. The summed E-state index contributed by atoms with van der Waals surface area (Å²) in [7, 11) is 3.13. The van der Waals surface area contributed by atoms with E-state index < -0.39 is 27.2 Å². The lowest BCUT2D eigenvalue weighted by atomic mass is 10.0. The number of esters is 1. The molecule has 0 aliphatic carbocycles. The Bertz CT molecular complexity index is 703. The van der Waals surface area contributed by atoms with Crippen LogP contribution in [0.3, 0.4) is 0 Å². The van der Waals surface area contributed by atoms with Crippen LogP contribution in [-0.4, -0.2) is 61.1 Å². The molecule has 0 saturated carbocycles. The molecule has 0 spiro atoms. The summed E-state index contributed by atoms with van der Waals surface area (Å²) in [6, 6.07) is 2.10. The van der Waals surface area contributed by atoms with Crippen LogP contribution in [0.1, 0.15) is 10.4 Å². The number of likely N-dealkylation sites (tertiary alicyclic amines) is 1. The molecule has 10 heteroatoms. The molecular formula is C15H18N4O6. The standard InChI is InChI=1S/C15H18N4O6/c1-16-5-10-7-17(8-11(10)6-16)14-12(18(21)22)3-9(15(20)25-2)4-13(14)19(23)24/h3-4,10-11H,5-8H2,1-2H3/t10-,11+. The Morgan fingerprint density at radius 2 is 1.56 bits per heavy atom. The van der Waals surface area contributed by atoms with Gasteiger partial charge in [0.25, 0.3) is 0 Å². The lowest BCUT2D eigenvalue weighted by molar-refractivity contribution is -0.392. The van der Waals surface area contributed by atoms with Gasteiger partial charge in [-0.1, -0.05) is 0 Å². The van der Waals surface area contributed by atoms with Gasteiger partial charge < -0.3 is 14.5 Å². The van der Waals surface area contributed by atoms with E-state index in [1.165, 1.54) is 0 Å². The second kappa shape index (κ2) is 6.28. The summed E-state index contributed by atoms with van der Waals surface area (Å²) in [4.78, 5) is 37.3. The number of rotatable bonds is 4. The van der Waals surface area contributed by atoms with Gasteiger partial charge >= 0.3 is 17.3 Å². The molecule has 3 rings (SSSR count). The fourth-order valence-corrected chi connectivity index (χ4v) is 3.85. The summed E-state index contributed by atoms with van der Waals surface area (Å²) in [6.45, 7) is 2.77. The minimum Gasteiger partial charge on any atom is -0.465 e. The molecule has 0 amide bonds. The topological polar surface area (TPSA) is 119 Å². The molecule has 134 valence electrons. The maximum Gasteiger partial charge on any atom is 0.338 e. The third-order valence-corrected chi connectivity index (χ3v) is 4.87. The molecule has 2 atom stereocenters. The second-order valence-corrected chi connectivity index (χ2v) is 6.52. The molecule has 2 aliphatic heterocycles. The molecule has 0 aromatic heterocycles. The molecule has 0 unspecified atom stereocenters. The Balaban J connectivity index is 2.07. The van der Waals surface area contributed by atoms with Crippen LogP contribution in [0, 0.1) is 32.1 Å². The minimum atomic E-state index is -0.849. The molecule has 25 heavy (non-hydrogen) atoms. The number of carbonyl (C=O) groups is 1. The number of nitro groups is 2. The van der Waals surface area contributed by atoms with Crippen molar-refractivity contribution in [2.45, 2.75) is 0 Å². The predicted octanol–water partition coefficient (Wildman–Crippen LogP) is 1.29. The van der Waals surface area contributed by atoms with Gasteiger partial charge in [-0.25, -0.2) is 4.79 Å². The number of anilines is 1. The van der Waals surface area contributed by atoms with Gasteiger partial charge in [-0.15, -0.1) is 0 Å². The average Bonchev–Trinajstić information content (AvgIpc) is 3.09. The van der Waals surface area contributed by atoms with Crippen molar-refractivity contribution < 1.29 is 19.4 Å². The first-order chi connectivity index (χ1) is 11.8. The van der Waals surface area contributed by atoms with E-state index in [0.717, 1.165) is 32.3 Å². The van der Waals surface area contributed by atoms with Crippen LogP contribution in [-0.2, 0) is 4.74 Å². The van der Waals surface area contributed by atoms with E-state index in [9.17, 15) is 25.0 Å². The molecule has 0 radical (unpaired) electrons. The molecule has 0 N–H and O–H groups in total. The highest BCUT2D eigenvalue weighted by molar-refractivity contribution is 5.94. The van der Waals surface area contributed by atoms with Crippen molar-refractivity contribution in [3.63, 3.8) is 0 Å². The van der Waals surface area contributed by atoms with E-state index in [2.05, 4.69) is 9.64 Å². The second-order valence-electron chi connectivity index (χ2n) is 6.52. The quantitative estimate of drug-likeness (QED) is 0.453. The van der Waals surface area contributed by atoms with Gasteiger partial charge in [0.15, 0.2) is 5.69 Å². The van der Waals surface area contributed by atoms with E-state index in [4.69, 9.17) is 0 Å². The van der Waals surface area contributed by atoms with Crippen molar-refractivity contribution >= 4 is 23.0 Å². The number of hydrogen-bond donors (Lipinski definition) is 0. The largest absolute Gasteiger partial charge is 0.465 e. The summed E-state index contributed by atoms with van der Waals surface area (Å²) in [5, 5.41) is 23.0. The van der Waals surface area contributed by atoms with Crippen LogP contribution < -0.4 is 4.90 Å². The maximum absolute atomic E-state index is 11.7. The van der Waals surface area contributed by atoms with E-state index in [1.54, 1.807) is 4.90 Å². The number of methoxy groups -OCH3 is 1. The Labute approximate surface area is 143 Å². The highest BCUT2D eigenvalue weighted by Gasteiger charge is 2.43. The first-order valence-corrected chi connectivity index (χ1v) is 7.80. The van der Waals surface area contributed by atoms with Gasteiger partial charge in [-0.05, 0) is 18.9 Å². The Kier molecular flexibility index (Phi) is 4.29. The van der Waals surface area contributed by atoms with Crippen LogP contribution in [0.2, 0.25) is 0 Å². The van der Waals surface area contributed by atoms with Crippen molar-refractivity contribution in [3.8, 4) is 0 Å². The molecule has 10 nitrogen and oxygen atoms in total. The molecule has 2 saturated heterocycles. The summed E-state index contributed by atoms with van der Waals surface area (Å²) in [5.41, 5.74) is -1.12. The van der Waals surface area contributed by atoms with Crippen LogP contribution in [0.25, 0.3) is 0 Å². The molecule has 2 fully saturated rings. The first kappa shape index (κ1) is 17.1. The lowest BCUT2D eigenvalue weighted by Gasteiger charge is -2.21. The van der Waals surface area contributed by atoms with Gasteiger partial charge in [0, 0.05) is 38.3 Å².